The number of imidazole rings is 1. The summed E-state index contributed by atoms with van der Waals surface area (Å²) in [6, 6.07) is 20.4. The molecule has 0 radical (unpaired) electrons. The van der Waals surface area contributed by atoms with E-state index in [0.717, 1.165) is 69.8 Å². The molecule has 0 spiro atoms. The maximum Gasteiger partial charge on any atom is 0.161 e. The molecule has 0 unspecified atom stereocenters. The second-order valence-electron chi connectivity index (χ2n) is 10.1. The van der Waals surface area contributed by atoms with Crippen LogP contribution in [0.15, 0.2) is 73.1 Å². The van der Waals surface area contributed by atoms with Crippen molar-refractivity contribution in [2.24, 2.45) is 0 Å². The molecule has 1 aliphatic heterocycles. The summed E-state index contributed by atoms with van der Waals surface area (Å²) in [6.45, 7) is 3.24. The van der Waals surface area contributed by atoms with Gasteiger partial charge < -0.3 is 9.72 Å². The number of fused-ring (bicyclic) bond motifs is 2. The molecule has 0 saturated carbocycles. The molecule has 6 aromatic rings. The van der Waals surface area contributed by atoms with Crippen LogP contribution in [0.2, 0.25) is 0 Å². The summed E-state index contributed by atoms with van der Waals surface area (Å²) >= 11 is 0. The Morgan fingerprint density at radius 3 is 2.64 bits per heavy atom. The molecule has 8 heteroatoms. The average Bonchev–Trinajstić information content (AvgIpc) is 3.61. The number of benzene rings is 2. The van der Waals surface area contributed by atoms with Crippen LogP contribution in [0.3, 0.4) is 0 Å². The molecule has 0 aliphatic carbocycles. The van der Waals surface area contributed by atoms with Crippen molar-refractivity contribution < 1.29 is 4.74 Å². The SMILES string of the molecule is COc1cccc(-c2cccc3[nH]c(-c4n[nH]c5ccc(-c6cncc(CN7CCCCC7)c6)nc45)nc23)c1. The van der Waals surface area contributed by atoms with Crippen molar-refractivity contribution in [2.75, 3.05) is 20.2 Å². The van der Waals surface area contributed by atoms with Gasteiger partial charge in [0, 0.05) is 30.1 Å². The Balaban J connectivity index is 1.25. The lowest BCUT2D eigenvalue weighted by atomic mass is 10.0. The molecule has 1 saturated heterocycles. The normalized spacial score (nSPS) is 14.3. The highest BCUT2D eigenvalue weighted by Gasteiger charge is 2.17. The van der Waals surface area contributed by atoms with Gasteiger partial charge in [-0.05, 0) is 73.5 Å². The fraction of sp³-hybridized carbons (Fsp3) is 0.226. The van der Waals surface area contributed by atoms with Gasteiger partial charge in [0.15, 0.2) is 11.5 Å². The van der Waals surface area contributed by atoms with Crippen molar-refractivity contribution in [3.8, 4) is 39.7 Å². The van der Waals surface area contributed by atoms with Crippen LogP contribution in [0.5, 0.6) is 5.75 Å². The van der Waals surface area contributed by atoms with E-state index in [1.165, 1.54) is 24.8 Å². The number of hydrogen-bond donors (Lipinski definition) is 2. The summed E-state index contributed by atoms with van der Waals surface area (Å²) in [5.74, 6) is 1.48. The van der Waals surface area contributed by atoms with E-state index in [9.17, 15) is 0 Å². The molecule has 0 atom stereocenters. The van der Waals surface area contributed by atoms with Crippen LogP contribution in [0.25, 0.3) is 56.0 Å². The van der Waals surface area contributed by atoms with Crippen molar-refractivity contribution in [3.63, 3.8) is 0 Å². The van der Waals surface area contributed by atoms with E-state index >= 15 is 0 Å². The molecule has 0 amide bonds. The molecule has 5 heterocycles. The number of nitrogens with one attached hydrogen (secondary N) is 2. The third kappa shape index (κ3) is 4.53. The zero-order valence-corrected chi connectivity index (χ0v) is 21.8. The number of H-pyrrole nitrogens is 2. The van der Waals surface area contributed by atoms with Crippen molar-refractivity contribution in [3.05, 3.63) is 78.6 Å². The summed E-state index contributed by atoms with van der Waals surface area (Å²) < 4.78 is 5.44. The molecular weight excluding hydrogens is 486 g/mol. The largest absolute Gasteiger partial charge is 0.497 e. The highest BCUT2D eigenvalue weighted by Crippen LogP contribution is 2.33. The van der Waals surface area contributed by atoms with Crippen LogP contribution >= 0.6 is 0 Å². The van der Waals surface area contributed by atoms with Crippen molar-refractivity contribution in [2.45, 2.75) is 25.8 Å². The lowest BCUT2D eigenvalue weighted by Gasteiger charge is -2.26. The molecule has 2 aromatic carbocycles. The summed E-state index contributed by atoms with van der Waals surface area (Å²) in [6.07, 6.45) is 7.73. The molecule has 1 fully saturated rings. The van der Waals surface area contributed by atoms with E-state index in [0.29, 0.717) is 11.5 Å². The molecule has 0 bridgehead atoms. The molecular formula is C31H29N7O. The minimum Gasteiger partial charge on any atom is -0.497 e. The predicted molar refractivity (Wildman–Crippen MR) is 153 cm³/mol. The minimum atomic E-state index is 0.674. The summed E-state index contributed by atoms with van der Waals surface area (Å²) in [5, 5.41) is 7.72. The van der Waals surface area contributed by atoms with Crippen LogP contribution in [0.1, 0.15) is 24.8 Å². The van der Waals surface area contributed by atoms with Crippen LogP contribution < -0.4 is 4.74 Å². The fourth-order valence-corrected chi connectivity index (χ4v) is 5.48. The van der Waals surface area contributed by atoms with Crippen LogP contribution in [-0.4, -0.2) is 55.2 Å². The lowest BCUT2D eigenvalue weighted by Crippen LogP contribution is -2.29. The smallest absolute Gasteiger partial charge is 0.161 e. The Morgan fingerprint density at radius 2 is 1.74 bits per heavy atom. The van der Waals surface area contributed by atoms with Crippen LogP contribution in [0, 0.1) is 0 Å². The molecule has 39 heavy (non-hydrogen) atoms. The third-order valence-electron chi connectivity index (χ3n) is 7.47. The first-order chi connectivity index (χ1) is 19.2. The number of rotatable bonds is 6. The van der Waals surface area contributed by atoms with Gasteiger partial charge in [0.25, 0.3) is 0 Å². The number of aromatic nitrogens is 6. The van der Waals surface area contributed by atoms with Crippen molar-refractivity contribution in [1.82, 2.24) is 35.0 Å². The highest BCUT2D eigenvalue weighted by atomic mass is 16.5. The second-order valence-corrected chi connectivity index (χ2v) is 10.1. The van der Waals surface area contributed by atoms with E-state index in [4.69, 9.17) is 14.7 Å². The van der Waals surface area contributed by atoms with Gasteiger partial charge in [0.05, 0.1) is 29.4 Å². The number of piperidine rings is 1. The summed E-state index contributed by atoms with van der Waals surface area (Å²) in [7, 11) is 1.68. The fourth-order valence-electron chi connectivity index (χ4n) is 5.48. The van der Waals surface area contributed by atoms with E-state index < -0.39 is 0 Å². The van der Waals surface area contributed by atoms with Gasteiger partial charge in [-0.25, -0.2) is 9.97 Å². The maximum absolute atomic E-state index is 5.44. The quantitative estimate of drug-likeness (QED) is 0.273. The number of nitrogens with zero attached hydrogens (tertiary/aromatic N) is 5. The number of methoxy groups -OCH3 is 1. The molecule has 4 aromatic heterocycles. The van der Waals surface area contributed by atoms with Gasteiger partial charge in [0.1, 0.15) is 11.3 Å². The topological polar surface area (TPSA) is 95.6 Å². The Labute approximate surface area is 226 Å². The van der Waals surface area contributed by atoms with Gasteiger partial charge in [0.2, 0.25) is 0 Å². The summed E-state index contributed by atoms with van der Waals surface area (Å²) in [4.78, 5) is 20.5. The van der Waals surface area contributed by atoms with E-state index in [1.807, 2.05) is 54.9 Å². The Morgan fingerprint density at radius 1 is 0.846 bits per heavy atom. The first-order valence-corrected chi connectivity index (χ1v) is 13.4. The zero-order chi connectivity index (χ0) is 26.2. The maximum atomic E-state index is 5.44. The average molecular weight is 516 g/mol. The molecule has 8 nitrogen and oxygen atoms in total. The van der Waals surface area contributed by atoms with Gasteiger partial charge in [-0.1, -0.05) is 30.7 Å². The lowest BCUT2D eigenvalue weighted by molar-refractivity contribution is 0.220. The first-order valence-electron chi connectivity index (χ1n) is 13.4. The minimum absolute atomic E-state index is 0.674. The van der Waals surface area contributed by atoms with Crippen LogP contribution in [-0.2, 0) is 6.54 Å². The van der Waals surface area contributed by atoms with E-state index in [-0.39, 0.29) is 0 Å². The van der Waals surface area contributed by atoms with Crippen molar-refractivity contribution in [1.29, 1.82) is 0 Å². The van der Waals surface area contributed by atoms with E-state index in [2.05, 4.69) is 43.3 Å². The monoisotopic (exact) mass is 515 g/mol. The second kappa shape index (κ2) is 9.96. The number of para-hydroxylation sites is 1. The van der Waals surface area contributed by atoms with Gasteiger partial charge >= 0.3 is 0 Å². The third-order valence-corrected chi connectivity index (χ3v) is 7.47. The number of ether oxygens (including phenoxy) is 1. The number of pyridine rings is 2. The number of aromatic amines is 2. The highest BCUT2D eigenvalue weighted by molar-refractivity contribution is 5.96. The number of hydrogen-bond acceptors (Lipinski definition) is 6. The Hall–Kier alpha value is -4.56. The van der Waals surface area contributed by atoms with Gasteiger partial charge in [-0.2, -0.15) is 5.10 Å². The molecule has 1 aliphatic rings. The first kappa shape index (κ1) is 23.5. The molecule has 7 rings (SSSR count). The summed E-state index contributed by atoms with van der Waals surface area (Å²) in [5.41, 5.74) is 9.30. The molecule has 2 N–H and O–H groups in total. The standard InChI is InChI=1S/C31H29N7O/c1-39-23-8-5-7-21(16-23)24-9-6-10-26-28(24)35-31(34-26)30-29-27(36-37-30)12-11-25(33-29)22-15-20(17-32-18-22)19-38-13-3-2-4-14-38/h5-12,15-18H,2-4,13-14,19H2,1H3,(H,34,35)(H,36,37). The van der Waals surface area contributed by atoms with Crippen LogP contribution in [0.4, 0.5) is 0 Å². The Bertz CT molecular complexity index is 1780. The predicted octanol–water partition coefficient (Wildman–Crippen LogP) is 6.22. The number of likely N-dealkylation sites (tertiary alicyclic amines) is 1. The van der Waals surface area contributed by atoms with Crippen molar-refractivity contribution >= 4 is 22.1 Å². The van der Waals surface area contributed by atoms with E-state index in [1.54, 1.807) is 7.11 Å². The zero-order valence-electron chi connectivity index (χ0n) is 21.8. The Kier molecular flexibility index (Phi) is 6.01. The van der Waals surface area contributed by atoms with Gasteiger partial charge in [-0.3, -0.25) is 15.0 Å². The molecule has 194 valence electrons. The van der Waals surface area contributed by atoms with Gasteiger partial charge in [-0.15, -0.1) is 0 Å².